The summed E-state index contributed by atoms with van der Waals surface area (Å²) in [6.07, 6.45) is 7.95. The number of fused-ring (bicyclic) bond motifs is 1. The Bertz CT molecular complexity index is 1250. The van der Waals surface area contributed by atoms with Crippen molar-refractivity contribution in [3.63, 3.8) is 0 Å². The Kier molecular flexibility index (Phi) is 5.17. The molecule has 2 saturated heterocycles. The average molecular weight is 456 g/mol. The van der Waals surface area contributed by atoms with Crippen LogP contribution in [0.5, 0.6) is 0 Å². The van der Waals surface area contributed by atoms with Crippen LogP contribution in [0.1, 0.15) is 30.9 Å². The van der Waals surface area contributed by atoms with Crippen molar-refractivity contribution < 1.29 is 13.2 Å². The zero-order valence-corrected chi connectivity index (χ0v) is 19.4. The number of unbranched alkanes of at least 4 members (excludes halogenated alkanes) is 1. The van der Waals surface area contributed by atoms with E-state index in [9.17, 15) is 13.2 Å². The van der Waals surface area contributed by atoms with Crippen LogP contribution in [0.15, 0.2) is 35.3 Å². The minimum atomic E-state index is -3.41. The van der Waals surface area contributed by atoms with E-state index in [1.165, 1.54) is 0 Å². The lowest BCUT2D eigenvalue weighted by atomic mass is 9.77. The van der Waals surface area contributed by atoms with Gasteiger partial charge >= 0.3 is 0 Å². The lowest BCUT2D eigenvalue weighted by Gasteiger charge is -2.56. The molecule has 5 rings (SSSR count). The first kappa shape index (κ1) is 21.3. The Morgan fingerprint density at radius 3 is 2.66 bits per heavy atom. The van der Waals surface area contributed by atoms with Crippen molar-refractivity contribution >= 4 is 27.5 Å². The van der Waals surface area contributed by atoms with Crippen LogP contribution >= 0.6 is 0 Å². The number of aryl methyl sites for hydroxylation is 1. The fourth-order valence-electron chi connectivity index (χ4n) is 4.87. The standard InChI is InChI=1S/C24H29N3O4S/c1-3-4-10-32(29,30)25-17-8-9-22(27-13-24(14-27)15-31-16-24)20(11-17)21-12-26(2)23(28)19-7-5-6-18(19)21/h5-6,8-9,11-12,25H,3-4,7,10,13-16H2,1-2H3. The van der Waals surface area contributed by atoms with Gasteiger partial charge in [0.2, 0.25) is 10.0 Å². The number of hydrogen-bond acceptors (Lipinski definition) is 5. The van der Waals surface area contributed by atoms with Crippen molar-refractivity contribution in [3.8, 4) is 11.1 Å². The lowest BCUT2D eigenvalue weighted by Crippen LogP contribution is -2.66. The van der Waals surface area contributed by atoms with Gasteiger partial charge in [-0.2, -0.15) is 0 Å². The molecule has 2 fully saturated rings. The van der Waals surface area contributed by atoms with Crippen LogP contribution in [0, 0.1) is 5.41 Å². The summed E-state index contributed by atoms with van der Waals surface area (Å²) in [5.74, 6) is 0.104. The van der Waals surface area contributed by atoms with Crippen LogP contribution < -0.4 is 15.2 Å². The molecule has 0 saturated carbocycles. The lowest BCUT2D eigenvalue weighted by molar-refractivity contribution is -0.127. The maximum Gasteiger partial charge on any atom is 0.254 e. The van der Waals surface area contributed by atoms with E-state index in [4.69, 9.17) is 4.74 Å². The number of ether oxygens (including phenoxy) is 1. The summed E-state index contributed by atoms with van der Waals surface area (Å²) in [7, 11) is -1.64. The number of benzene rings is 1. The van der Waals surface area contributed by atoms with Gasteiger partial charge < -0.3 is 14.2 Å². The highest BCUT2D eigenvalue weighted by Crippen LogP contribution is 2.45. The summed E-state index contributed by atoms with van der Waals surface area (Å²) in [6.45, 7) is 5.41. The largest absolute Gasteiger partial charge is 0.380 e. The summed E-state index contributed by atoms with van der Waals surface area (Å²) in [6, 6.07) is 5.74. The molecule has 2 aromatic rings. The molecule has 1 N–H and O–H groups in total. The first-order chi connectivity index (χ1) is 15.3. The fraction of sp³-hybridized carbons (Fsp3) is 0.458. The van der Waals surface area contributed by atoms with Crippen LogP contribution in [-0.4, -0.2) is 45.0 Å². The van der Waals surface area contributed by atoms with E-state index in [0.717, 1.165) is 60.7 Å². The molecule has 1 aromatic carbocycles. The Balaban J connectivity index is 1.58. The molecule has 1 aliphatic carbocycles. The highest BCUT2D eigenvalue weighted by atomic mass is 32.2. The molecule has 0 atom stereocenters. The van der Waals surface area contributed by atoms with Gasteiger partial charge in [-0.25, -0.2) is 8.42 Å². The second-order valence-electron chi connectivity index (χ2n) is 9.31. The monoisotopic (exact) mass is 455 g/mol. The molecule has 2 aliphatic heterocycles. The second-order valence-corrected chi connectivity index (χ2v) is 11.2. The highest BCUT2D eigenvalue weighted by molar-refractivity contribution is 7.92. The Morgan fingerprint density at radius 2 is 1.97 bits per heavy atom. The minimum absolute atomic E-state index is 0.0150. The number of nitrogens with one attached hydrogen (secondary N) is 1. The molecule has 0 radical (unpaired) electrons. The van der Waals surface area contributed by atoms with Crippen molar-refractivity contribution in [3.05, 3.63) is 52.0 Å². The molecule has 1 aromatic heterocycles. The quantitative estimate of drug-likeness (QED) is 0.694. The van der Waals surface area contributed by atoms with E-state index in [1.807, 2.05) is 43.5 Å². The van der Waals surface area contributed by atoms with Crippen LogP contribution in [0.25, 0.3) is 17.2 Å². The summed E-state index contributed by atoms with van der Waals surface area (Å²) in [5.41, 5.74) is 5.48. The molecule has 0 amide bonds. The fourth-order valence-corrected chi connectivity index (χ4v) is 6.13. The maximum absolute atomic E-state index is 12.6. The Labute approximate surface area is 188 Å². The van der Waals surface area contributed by atoms with Gasteiger partial charge in [-0.15, -0.1) is 0 Å². The molecule has 8 heteroatoms. The van der Waals surface area contributed by atoms with E-state index < -0.39 is 10.0 Å². The van der Waals surface area contributed by atoms with Crippen molar-refractivity contribution in [1.82, 2.24) is 4.57 Å². The molecule has 0 unspecified atom stereocenters. The van der Waals surface area contributed by atoms with Crippen LogP contribution in [-0.2, 0) is 28.2 Å². The minimum Gasteiger partial charge on any atom is -0.380 e. The van der Waals surface area contributed by atoms with Gasteiger partial charge in [-0.3, -0.25) is 9.52 Å². The third-order valence-electron chi connectivity index (χ3n) is 6.66. The first-order valence-electron chi connectivity index (χ1n) is 11.2. The van der Waals surface area contributed by atoms with Crippen LogP contribution in [0.2, 0.25) is 0 Å². The number of aromatic nitrogens is 1. The van der Waals surface area contributed by atoms with Gasteiger partial charge in [0.05, 0.1) is 24.4 Å². The number of anilines is 2. The van der Waals surface area contributed by atoms with Crippen molar-refractivity contribution in [2.75, 3.05) is 41.7 Å². The summed E-state index contributed by atoms with van der Waals surface area (Å²) in [5, 5.41) is 0. The third kappa shape index (κ3) is 3.65. The van der Waals surface area contributed by atoms with E-state index in [2.05, 4.69) is 9.62 Å². The van der Waals surface area contributed by atoms with E-state index >= 15 is 0 Å². The average Bonchev–Trinajstić information content (AvgIpc) is 3.18. The van der Waals surface area contributed by atoms with Crippen molar-refractivity contribution in [1.29, 1.82) is 0 Å². The molecular weight excluding hydrogens is 426 g/mol. The topological polar surface area (TPSA) is 80.6 Å². The smallest absolute Gasteiger partial charge is 0.254 e. The number of sulfonamides is 1. The van der Waals surface area contributed by atoms with Gasteiger partial charge in [0.25, 0.3) is 5.56 Å². The normalized spacial score (nSPS) is 18.4. The number of pyridine rings is 1. The predicted molar refractivity (Wildman–Crippen MR) is 128 cm³/mol. The number of rotatable bonds is 7. The zero-order chi connectivity index (χ0) is 22.5. The van der Waals surface area contributed by atoms with Crippen LogP contribution in [0.3, 0.4) is 0 Å². The van der Waals surface area contributed by atoms with Crippen molar-refractivity contribution in [2.24, 2.45) is 12.5 Å². The Hall–Kier alpha value is -2.58. The molecule has 3 heterocycles. The molecule has 32 heavy (non-hydrogen) atoms. The molecule has 1 spiro atoms. The summed E-state index contributed by atoms with van der Waals surface area (Å²) in [4.78, 5) is 14.9. The molecule has 0 bridgehead atoms. The van der Waals surface area contributed by atoms with Gasteiger partial charge in [0.1, 0.15) is 0 Å². The zero-order valence-electron chi connectivity index (χ0n) is 18.6. The summed E-state index contributed by atoms with van der Waals surface area (Å²) < 4.78 is 34.8. The van der Waals surface area contributed by atoms with Gasteiger partial charge in [0, 0.05) is 54.4 Å². The summed E-state index contributed by atoms with van der Waals surface area (Å²) >= 11 is 0. The van der Waals surface area contributed by atoms with E-state index in [-0.39, 0.29) is 16.7 Å². The Morgan fingerprint density at radius 1 is 1.19 bits per heavy atom. The van der Waals surface area contributed by atoms with Crippen LogP contribution in [0.4, 0.5) is 11.4 Å². The van der Waals surface area contributed by atoms with Crippen molar-refractivity contribution in [2.45, 2.75) is 26.2 Å². The highest BCUT2D eigenvalue weighted by Gasteiger charge is 2.49. The SMILES string of the molecule is CCCCS(=O)(=O)Nc1ccc(N2CC3(COC3)C2)c(-c2cn(C)c(=O)c3c2C=CC3)c1. The third-order valence-corrected chi connectivity index (χ3v) is 8.03. The molecule has 7 nitrogen and oxygen atoms in total. The van der Waals surface area contributed by atoms with Gasteiger partial charge in [-0.1, -0.05) is 25.5 Å². The molecular formula is C24H29N3O4S. The van der Waals surface area contributed by atoms with Gasteiger partial charge in [-0.05, 0) is 36.6 Å². The molecule has 3 aliphatic rings. The number of hydrogen-bond donors (Lipinski definition) is 1. The number of allylic oxidation sites excluding steroid dienone is 1. The van der Waals surface area contributed by atoms with E-state index in [0.29, 0.717) is 18.5 Å². The van der Waals surface area contributed by atoms with E-state index in [1.54, 1.807) is 11.6 Å². The van der Waals surface area contributed by atoms with Gasteiger partial charge in [0.15, 0.2) is 0 Å². The number of nitrogens with zero attached hydrogens (tertiary/aromatic N) is 2. The predicted octanol–water partition coefficient (Wildman–Crippen LogP) is 3.00. The maximum atomic E-state index is 12.6. The first-order valence-corrected chi connectivity index (χ1v) is 12.8. The second kappa shape index (κ2) is 7.78. The molecule has 170 valence electrons.